The lowest BCUT2D eigenvalue weighted by molar-refractivity contribution is -0.122. The van der Waals surface area contributed by atoms with Crippen LogP contribution in [0.5, 0.6) is 0 Å². The Morgan fingerprint density at radius 1 is 1.14 bits per heavy atom. The monoisotopic (exact) mass is 287 g/mol. The van der Waals surface area contributed by atoms with Crippen LogP contribution in [-0.4, -0.2) is 24.2 Å². The zero-order chi connectivity index (χ0) is 15.1. The number of nitrogens with one attached hydrogen (secondary N) is 1. The number of ketones is 2. The third-order valence-electron chi connectivity index (χ3n) is 4.39. The first-order valence-corrected chi connectivity index (χ1v) is 8.06. The van der Waals surface area contributed by atoms with Gasteiger partial charge in [-0.2, -0.15) is 0 Å². The summed E-state index contributed by atoms with van der Waals surface area (Å²) in [5.41, 5.74) is 0.705. The summed E-state index contributed by atoms with van der Waals surface area (Å²) >= 11 is 0. The second-order valence-corrected chi connectivity index (χ2v) is 5.87. The van der Waals surface area contributed by atoms with Gasteiger partial charge in [0.1, 0.15) is 5.78 Å². The molecule has 0 amide bonds. The molecule has 0 heterocycles. The fourth-order valence-corrected chi connectivity index (χ4v) is 3.16. The highest BCUT2D eigenvalue weighted by molar-refractivity contribution is 5.98. The molecule has 1 aromatic carbocycles. The van der Waals surface area contributed by atoms with E-state index in [0.29, 0.717) is 17.9 Å². The van der Waals surface area contributed by atoms with Crippen molar-refractivity contribution in [3.8, 4) is 0 Å². The summed E-state index contributed by atoms with van der Waals surface area (Å²) in [7, 11) is 0. The number of carbonyl (C=O) groups is 2. The highest BCUT2D eigenvalue weighted by atomic mass is 16.1. The number of hydrogen-bond acceptors (Lipinski definition) is 3. The molecule has 0 saturated heterocycles. The Balaban J connectivity index is 1.95. The number of carbonyl (C=O) groups excluding carboxylic acids is 2. The van der Waals surface area contributed by atoms with E-state index in [1.54, 1.807) is 0 Å². The van der Waals surface area contributed by atoms with E-state index in [-0.39, 0.29) is 24.2 Å². The van der Waals surface area contributed by atoms with Crippen LogP contribution < -0.4 is 5.32 Å². The van der Waals surface area contributed by atoms with Gasteiger partial charge in [-0.1, -0.05) is 56.5 Å². The maximum atomic E-state index is 12.2. The molecule has 1 aliphatic rings. The van der Waals surface area contributed by atoms with E-state index in [0.717, 1.165) is 12.8 Å². The van der Waals surface area contributed by atoms with Gasteiger partial charge < -0.3 is 5.32 Å². The lowest BCUT2D eigenvalue weighted by Gasteiger charge is -2.29. The molecule has 0 bridgehead atoms. The molecule has 1 saturated carbocycles. The SMILES string of the molecule is CCC(=O)[C@@H](NCC(=O)c1ccccc1)C1CCCCC1. The van der Waals surface area contributed by atoms with Crippen LogP contribution >= 0.6 is 0 Å². The Morgan fingerprint density at radius 2 is 1.81 bits per heavy atom. The van der Waals surface area contributed by atoms with Crippen LogP contribution in [0, 0.1) is 5.92 Å². The molecule has 0 aromatic heterocycles. The third-order valence-corrected chi connectivity index (χ3v) is 4.39. The van der Waals surface area contributed by atoms with Gasteiger partial charge in [-0.15, -0.1) is 0 Å². The first-order chi connectivity index (χ1) is 10.2. The van der Waals surface area contributed by atoms with Crippen LogP contribution in [0.2, 0.25) is 0 Å². The quantitative estimate of drug-likeness (QED) is 0.782. The Labute approximate surface area is 127 Å². The molecule has 1 aliphatic carbocycles. The molecule has 0 aliphatic heterocycles. The average molecular weight is 287 g/mol. The summed E-state index contributed by atoms with van der Waals surface area (Å²) in [4.78, 5) is 24.4. The second-order valence-electron chi connectivity index (χ2n) is 5.87. The molecular weight excluding hydrogens is 262 g/mol. The molecule has 2 rings (SSSR count). The maximum Gasteiger partial charge on any atom is 0.176 e. The van der Waals surface area contributed by atoms with Crippen molar-refractivity contribution in [1.29, 1.82) is 0 Å². The highest BCUT2D eigenvalue weighted by Crippen LogP contribution is 2.27. The molecule has 1 fully saturated rings. The molecule has 3 heteroatoms. The predicted octanol–water partition coefficient (Wildman–Crippen LogP) is 3.39. The third kappa shape index (κ3) is 4.50. The van der Waals surface area contributed by atoms with Gasteiger partial charge in [-0.3, -0.25) is 9.59 Å². The topological polar surface area (TPSA) is 46.2 Å². The minimum absolute atomic E-state index is 0.0558. The second kappa shape index (κ2) is 8.08. The zero-order valence-electron chi connectivity index (χ0n) is 12.8. The van der Waals surface area contributed by atoms with E-state index in [2.05, 4.69) is 5.32 Å². The maximum absolute atomic E-state index is 12.2. The van der Waals surface area contributed by atoms with E-state index in [9.17, 15) is 9.59 Å². The predicted molar refractivity (Wildman–Crippen MR) is 84.4 cm³/mol. The summed E-state index contributed by atoms with van der Waals surface area (Å²) in [5, 5.41) is 3.24. The van der Waals surface area contributed by atoms with Crippen LogP contribution in [0.15, 0.2) is 30.3 Å². The first kappa shape index (κ1) is 15.9. The lowest BCUT2D eigenvalue weighted by Crippen LogP contribution is -2.45. The van der Waals surface area contributed by atoms with Crippen LogP contribution in [0.1, 0.15) is 55.8 Å². The van der Waals surface area contributed by atoms with Crippen LogP contribution in [0.4, 0.5) is 0 Å². The van der Waals surface area contributed by atoms with Crippen molar-refractivity contribution in [2.45, 2.75) is 51.5 Å². The van der Waals surface area contributed by atoms with Gasteiger partial charge in [-0.05, 0) is 18.8 Å². The molecule has 0 unspecified atom stereocenters. The first-order valence-electron chi connectivity index (χ1n) is 8.06. The van der Waals surface area contributed by atoms with Crippen molar-refractivity contribution in [1.82, 2.24) is 5.32 Å². The van der Waals surface area contributed by atoms with E-state index < -0.39 is 0 Å². The fourth-order valence-electron chi connectivity index (χ4n) is 3.16. The fraction of sp³-hybridized carbons (Fsp3) is 0.556. The van der Waals surface area contributed by atoms with Crippen LogP contribution in [0.3, 0.4) is 0 Å². The summed E-state index contributed by atoms with van der Waals surface area (Å²) in [6.07, 6.45) is 6.41. The molecule has 0 spiro atoms. The Kier molecular flexibility index (Phi) is 6.12. The van der Waals surface area contributed by atoms with Crippen molar-refractivity contribution in [2.24, 2.45) is 5.92 Å². The van der Waals surface area contributed by atoms with Gasteiger partial charge in [0.25, 0.3) is 0 Å². The van der Waals surface area contributed by atoms with Crippen molar-refractivity contribution >= 4 is 11.6 Å². The molecule has 1 atom stereocenters. The smallest absolute Gasteiger partial charge is 0.176 e. The molecular formula is C18H25NO2. The van der Waals surface area contributed by atoms with Gasteiger partial charge in [-0.25, -0.2) is 0 Å². The lowest BCUT2D eigenvalue weighted by atomic mass is 9.81. The van der Waals surface area contributed by atoms with E-state index >= 15 is 0 Å². The van der Waals surface area contributed by atoms with Crippen molar-refractivity contribution in [2.75, 3.05) is 6.54 Å². The van der Waals surface area contributed by atoms with Gasteiger partial charge in [0.15, 0.2) is 5.78 Å². The number of hydrogen-bond donors (Lipinski definition) is 1. The van der Waals surface area contributed by atoms with E-state index in [1.807, 2.05) is 37.3 Å². The van der Waals surface area contributed by atoms with Crippen molar-refractivity contribution in [3.63, 3.8) is 0 Å². The summed E-state index contributed by atoms with van der Waals surface area (Å²) in [5.74, 6) is 0.692. The van der Waals surface area contributed by atoms with E-state index in [4.69, 9.17) is 0 Å². The largest absolute Gasteiger partial charge is 0.300 e. The van der Waals surface area contributed by atoms with Crippen LogP contribution in [-0.2, 0) is 4.79 Å². The summed E-state index contributed by atoms with van der Waals surface area (Å²) in [6.45, 7) is 2.15. The van der Waals surface area contributed by atoms with E-state index in [1.165, 1.54) is 19.3 Å². The van der Waals surface area contributed by atoms with Gasteiger partial charge in [0.2, 0.25) is 0 Å². The zero-order valence-corrected chi connectivity index (χ0v) is 12.8. The number of Topliss-reactive ketones (excluding diaryl/α,β-unsaturated/α-hetero) is 2. The van der Waals surface area contributed by atoms with Crippen molar-refractivity contribution < 1.29 is 9.59 Å². The molecule has 0 radical (unpaired) electrons. The normalized spacial score (nSPS) is 17.4. The van der Waals surface area contributed by atoms with Gasteiger partial charge in [0.05, 0.1) is 12.6 Å². The molecule has 1 N–H and O–H groups in total. The summed E-state index contributed by atoms with van der Waals surface area (Å²) in [6, 6.07) is 9.12. The minimum atomic E-state index is -0.150. The molecule has 114 valence electrons. The standard InChI is InChI=1S/C18H25NO2/c1-2-16(20)18(15-11-7-4-8-12-15)19-13-17(21)14-9-5-3-6-10-14/h3,5-6,9-10,15,18-19H,2,4,7-8,11-13H2,1H3/t18-/m0/s1. The average Bonchev–Trinajstić information content (AvgIpc) is 2.56. The minimum Gasteiger partial charge on any atom is -0.300 e. The Bertz CT molecular complexity index is 463. The molecule has 3 nitrogen and oxygen atoms in total. The number of rotatable bonds is 7. The van der Waals surface area contributed by atoms with Crippen molar-refractivity contribution in [3.05, 3.63) is 35.9 Å². The van der Waals surface area contributed by atoms with Gasteiger partial charge in [0, 0.05) is 12.0 Å². The van der Waals surface area contributed by atoms with Gasteiger partial charge >= 0.3 is 0 Å². The Hall–Kier alpha value is -1.48. The molecule has 1 aromatic rings. The molecule has 21 heavy (non-hydrogen) atoms. The van der Waals surface area contributed by atoms with Crippen LogP contribution in [0.25, 0.3) is 0 Å². The Morgan fingerprint density at radius 3 is 2.43 bits per heavy atom. The summed E-state index contributed by atoms with van der Waals surface area (Å²) < 4.78 is 0. The number of benzene rings is 1. The highest BCUT2D eigenvalue weighted by Gasteiger charge is 2.28.